The Morgan fingerprint density at radius 1 is 1.31 bits per heavy atom. The zero-order chi connectivity index (χ0) is 18.8. The van der Waals surface area contributed by atoms with Crippen LogP contribution in [0.5, 0.6) is 5.75 Å². The van der Waals surface area contributed by atoms with Gasteiger partial charge in [-0.1, -0.05) is 11.6 Å². The Balaban J connectivity index is 1.92. The van der Waals surface area contributed by atoms with Gasteiger partial charge in [0.05, 0.1) is 15.5 Å². The van der Waals surface area contributed by atoms with Crippen molar-refractivity contribution in [1.82, 2.24) is 5.32 Å². The number of thioether (sulfide) groups is 1. The summed E-state index contributed by atoms with van der Waals surface area (Å²) >= 11 is 6.80. The zero-order valence-corrected chi connectivity index (χ0v) is 14.3. The molecule has 7 nitrogen and oxygen atoms in total. The molecule has 0 aliphatic carbocycles. The molecule has 1 amide bonds. The molecular formula is C16H9ClFN3O4S. The minimum Gasteiger partial charge on any atom is -0.502 e. The van der Waals surface area contributed by atoms with Gasteiger partial charge < -0.3 is 10.4 Å². The molecule has 0 unspecified atom stereocenters. The van der Waals surface area contributed by atoms with Gasteiger partial charge in [0.1, 0.15) is 5.82 Å². The van der Waals surface area contributed by atoms with Crippen LogP contribution in [0.2, 0.25) is 5.02 Å². The number of halogens is 2. The highest BCUT2D eigenvalue weighted by molar-refractivity contribution is 8.18. The number of benzene rings is 2. The molecule has 132 valence electrons. The first-order valence-corrected chi connectivity index (χ1v) is 8.25. The number of carbonyl (C=O) groups is 1. The first kappa shape index (κ1) is 17.9. The van der Waals surface area contributed by atoms with Crippen LogP contribution in [0.4, 0.5) is 15.8 Å². The molecule has 1 aliphatic rings. The lowest BCUT2D eigenvalue weighted by Crippen LogP contribution is -2.19. The summed E-state index contributed by atoms with van der Waals surface area (Å²) in [5.74, 6) is -1.49. The summed E-state index contributed by atoms with van der Waals surface area (Å²) in [5, 5.41) is 23.8. The van der Waals surface area contributed by atoms with Crippen LogP contribution in [0.3, 0.4) is 0 Å². The monoisotopic (exact) mass is 393 g/mol. The summed E-state index contributed by atoms with van der Waals surface area (Å²) in [6, 6.07) is 7.69. The topological polar surface area (TPSA) is 105 Å². The van der Waals surface area contributed by atoms with Crippen molar-refractivity contribution in [2.75, 3.05) is 0 Å². The maximum Gasteiger partial charge on any atom is 0.312 e. The average molecular weight is 394 g/mol. The smallest absolute Gasteiger partial charge is 0.312 e. The molecular weight excluding hydrogens is 385 g/mol. The second kappa shape index (κ2) is 7.14. The van der Waals surface area contributed by atoms with E-state index in [4.69, 9.17) is 11.6 Å². The van der Waals surface area contributed by atoms with Crippen molar-refractivity contribution < 1.29 is 19.2 Å². The standard InChI is InChI=1S/C16H9ClFN3O4S/c17-9-5-8(14(22)12(7-9)21(24)25)6-13-15(23)20-16(26-13)19-11-3-1-10(18)2-4-11/h1-7,22H,(H,19,20,23). The number of aromatic hydroxyl groups is 1. The molecule has 2 aromatic rings. The average Bonchev–Trinajstić information content (AvgIpc) is 2.92. The normalized spacial score (nSPS) is 16.9. The molecule has 0 atom stereocenters. The summed E-state index contributed by atoms with van der Waals surface area (Å²) in [7, 11) is 0. The van der Waals surface area contributed by atoms with E-state index in [1.165, 1.54) is 36.4 Å². The predicted molar refractivity (Wildman–Crippen MR) is 97.0 cm³/mol. The summed E-state index contributed by atoms with van der Waals surface area (Å²) < 4.78 is 12.9. The SMILES string of the molecule is O=C1NC(=Nc2ccc(F)cc2)SC1=Cc1cc(Cl)cc([N+](=O)[O-])c1O. The van der Waals surface area contributed by atoms with Crippen molar-refractivity contribution >= 4 is 51.9 Å². The molecule has 1 fully saturated rings. The van der Waals surface area contributed by atoms with Gasteiger partial charge in [-0.05, 0) is 48.2 Å². The van der Waals surface area contributed by atoms with Crippen LogP contribution in [0, 0.1) is 15.9 Å². The van der Waals surface area contributed by atoms with E-state index in [0.717, 1.165) is 17.8 Å². The van der Waals surface area contributed by atoms with Crippen molar-refractivity contribution in [3.63, 3.8) is 0 Å². The van der Waals surface area contributed by atoms with E-state index in [0.29, 0.717) is 5.69 Å². The predicted octanol–water partition coefficient (Wildman–Crippen LogP) is 3.98. The molecule has 26 heavy (non-hydrogen) atoms. The molecule has 0 aromatic heterocycles. The van der Waals surface area contributed by atoms with E-state index >= 15 is 0 Å². The lowest BCUT2D eigenvalue weighted by Gasteiger charge is -2.02. The minimum atomic E-state index is -0.771. The van der Waals surface area contributed by atoms with Crippen LogP contribution >= 0.6 is 23.4 Å². The van der Waals surface area contributed by atoms with E-state index in [1.807, 2.05) is 0 Å². The molecule has 1 heterocycles. The Morgan fingerprint density at radius 2 is 2.00 bits per heavy atom. The largest absolute Gasteiger partial charge is 0.502 e. The van der Waals surface area contributed by atoms with Gasteiger partial charge >= 0.3 is 5.69 Å². The number of phenols is 1. The molecule has 2 aromatic carbocycles. The first-order valence-electron chi connectivity index (χ1n) is 7.05. The fourth-order valence-corrected chi connectivity index (χ4v) is 3.16. The molecule has 0 spiro atoms. The molecule has 0 bridgehead atoms. The highest BCUT2D eigenvalue weighted by Crippen LogP contribution is 2.37. The van der Waals surface area contributed by atoms with Crippen LogP contribution in [0.15, 0.2) is 46.3 Å². The third kappa shape index (κ3) is 3.84. The Bertz CT molecular complexity index is 976. The van der Waals surface area contributed by atoms with Gasteiger partial charge in [-0.2, -0.15) is 0 Å². The number of nitro benzene ring substituents is 1. The summed E-state index contributed by atoms with van der Waals surface area (Å²) in [6.45, 7) is 0. The number of carbonyl (C=O) groups excluding carboxylic acids is 1. The summed E-state index contributed by atoms with van der Waals surface area (Å²) in [5.41, 5.74) is -0.0884. The van der Waals surface area contributed by atoms with Gasteiger partial charge in [-0.3, -0.25) is 14.9 Å². The summed E-state index contributed by atoms with van der Waals surface area (Å²) in [4.78, 5) is 26.6. The molecule has 0 radical (unpaired) electrons. The van der Waals surface area contributed by atoms with Gasteiger partial charge in [0.15, 0.2) is 5.17 Å². The Morgan fingerprint density at radius 3 is 2.65 bits per heavy atom. The number of amides is 1. The Hall–Kier alpha value is -2.91. The Labute approximate surface area is 155 Å². The van der Waals surface area contributed by atoms with Crippen molar-refractivity contribution in [1.29, 1.82) is 0 Å². The number of nitrogens with one attached hydrogen (secondary N) is 1. The van der Waals surface area contributed by atoms with E-state index in [1.54, 1.807) is 0 Å². The maximum atomic E-state index is 12.9. The molecule has 10 heteroatoms. The van der Waals surface area contributed by atoms with Crippen LogP contribution in [-0.4, -0.2) is 21.1 Å². The number of aliphatic imine (C=N–C) groups is 1. The van der Waals surface area contributed by atoms with E-state index in [9.17, 15) is 24.4 Å². The second-order valence-corrected chi connectivity index (χ2v) is 6.55. The number of nitro groups is 1. The third-order valence-electron chi connectivity index (χ3n) is 3.28. The highest BCUT2D eigenvalue weighted by atomic mass is 35.5. The van der Waals surface area contributed by atoms with Crippen molar-refractivity contribution in [2.24, 2.45) is 4.99 Å². The second-order valence-electron chi connectivity index (χ2n) is 5.08. The molecule has 1 aliphatic heterocycles. The number of phenolic OH excluding ortho intramolecular Hbond substituents is 1. The fourth-order valence-electron chi connectivity index (χ4n) is 2.11. The Kier molecular flexibility index (Phi) is 4.92. The van der Waals surface area contributed by atoms with Crippen LogP contribution in [-0.2, 0) is 4.79 Å². The van der Waals surface area contributed by atoms with E-state index in [2.05, 4.69) is 10.3 Å². The van der Waals surface area contributed by atoms with E-state index in [-0.39, 0.29) is 20.7 Å². The van der Waals surface area contributed by atoms with Crippen LogP contribution in [0.1, 0.15) is 5.56 Å². The van der Waals surface area contributed by atoms with Crippen LogP contribution < -0.4 is 5.32 Å². The number of nitrogens with zero attached hydrogens (tertiary/aromatic N) is 2. The van der Waals surface area contributed by atoms with Crippen molar-refractivity contribution in [2.45, 2.75) is 0 Å². The van der Waals surface area contributed by atoms with Gasteiger partial charge in [-0.15, -0.1) is 0 Å². The zero-order valence-electron chi connectivity index (χ0n) is 12.8. The summed E-state index contributed by atoms with van der Waals surface area (Å²) in [6.07, 6.45) is 1.28. The van der Waals surface area contributed by atoms with Gasteiger partial charge in [0, 0.05) is 16.7 Å². The molecule has 0 saturated carbocycles. The first-order chi connectivity index (χ1) is 12.3. The van der Waals surface area contributed by atoms with E-state index < -0.39 is 28.1 Å². The maximum absolute atomic E-state index is 12.9. The fraction of sp³-hybridized carbons (Fsp3) is 0. The van der Waals surface area contributed by atoms with Gasteiger partial charge in [0.25, 0.3) is 5.91 Å². The minimum absolute atomic E-state index is 0.0323. The number of hydrogen-bond acceptors (Lipinski definition) is 6. The lowest BCUT2D eigenvalue weighted by atomic mass is 10.1. The van der Waals surface area contributed by atoms with Crippen molar-refractivity contribution in [3.05, 3.63) is 67.8 Å². The van der Waals surface area contributed by atoms with Crippen molar-refractivity contribution in [3.8, 4) is 5.75 Å². The van der Waals surface area contributed by atoms with Crippen LogP contribution in [0.25, 0.3) is 6.08 Å². The van der Waals surface area contributed by atoms with Gasteiger partial charge in [0.2, 0.25) is 5.75 Å². The number of rotatable bonds is 3. The number of hydrogen-bond donors (Lipinski definition) is 2. The quantitative estimate of drug-likeness (QED) is 0.466. The molecule has 3 rings (SSSR count). The van der Waals surface area contributed by atoms with Gasteiger partial charge in [-0.25, -0.2) is 9.38 Å². The highest BCUT2D eigenvalue weighted by Gasteiger charge is 2.25. The molecule has 2 N–H and O–H groups in total. The third-order valence-corrected chi connectivity index (χ3v) is 4.40. The lowest BCUT2D eigenvalue weighted by molar-refractivity contribution is -0.385. The molecule has 1 saturated heterocycles. The number of amidine groups is 1.